The van der Waals surface area contributed by atoms with E-state index in [9.17, 15) is 18.9 Å². The molecule has 0 radical (unpaired) electrons. The van der Waals surface area contributed by atoms with Crippen LogP contribution in [0.2, 0.25) is 0 Å². The third-order valence-electron chi connectivity index (χ3n) is 1.87. The van der Waals surface area contributed by atoms with Crippen LogP contribution in [0.3, 0.4) is 0 Å². The van der Waals surface area contributed by atoms with E-state index in [1.54, 1.807) is 6.92 Å². The van der Waals surface area contributed by atoms with Crippen LogP contribution in [-0.2, 0) is 0 Å². The lowest BCUT2D eigenvalue weighted by Gasteiger charge is -1.97. The highest BCUT2D eigenvalue weighted by atomic mass is 19.2. The van der Waals surface area contributed by atoms with Gasteiger partial charge in [0, 0.05) is 12.5 Å². The maximum atomic E-state index is 12.8. The molecular formula is C10H9F2NO2. The van der Waals surface area contributed by atoms with Gasteiger partial charge in [0.2, 0.25) is 5.70 Å². The van der Waals surface area contributed by atoms with Gasteiger partial charge in [0.1, 0.15) is 0 Å². The van der Waals surface area contributed by atoms with Crippen molar-refractivity contribution in [2.75, 3.05) is 0 Å². The number of halogens is 2. The fourth-order valence-corrected chi connectivity index (χ4v) is 1.08. The van der Waals surface area contributed by atoms with Crippen molar-refractivity contribution in [1.82, 2.24) is 0 Å². The summed E-state index contributed by atoms with van der Waals surface area (Å²) >= 11 is 0. The van der Waals surface area contributed by atoms with Crippen molar-refractivity contribution < 1.29 is 13.7 Å². The first-order valence-corrected chi connectivity index (χ1v) is 4.34. The molecule has 5 heteroatoms. The van der Waals surface area contributed by atoms with E-state index in [1.807, 2.05) is 0 Å². The molecule has 1 rings (SSSR count). The van der Waals surface area contributed by atoms with Gasteiger partial charge in [0.25, 0.3) is 0 Å². The summed E-state index contributed by atoms with van der Waals surface area (Å²) in [6.45, 7) is 1.62. The number of hydrogen-bond acceptors (Lipinski definition) is 2. The van der Waals surface area contributed by atoms with E-state index < -0.39 is 16.6 Å². The quantitative estimate of drug-likeness (QED) is 0.572. The molecule has 0 fully saturated rings. The lowest BCUT2D eigenvalue weighted by atomic mass is 10.1. The van der Waals surface area contributed by atoms with Crippen LogP contribution >= 0.6 is 0 Å². The van der Waals surface area contributed by atoms with E-state index >= 15 is 0 Å². The third kappa shape index (κ3) is 2.83. The largest absolute Gasteiger partial charge is 0.259 e. The number of hydrogen-bond donors (Lipinski definition) is 0. The van der Waals surface area contributed by atoms with Crippen molar-refractivity contribution in [2.24, 2.45) is 0 Å². The lowest BCUT2D eigenvalue weighted by molar-refractivity contribution is -0.425. The molecule has 0 amide bonds. The molecule has 0 saturated heterocycles. The fourth-order valence-electron chi connectivity index (χ4n) is 1.08. The Labute approximate surface area is 85.2 Å². The van der Waals surface area contributed by atoms with Crippen LogP contribution in [0.15, 0.2) is 23.9 Å². The van der Waals surface area contributed by atoms with Gasteiger partial charge in [-0.3, -0.25) is 10.1 Å². The lowest BCUT2D eigenvalue weighted by Crippen LogP contribution is -1.96. The Morgan fingerprint density at radius 2 is 2.13 bits per heavy atom. The number of allylic oxidation sites excluding steroid dienone is 1. The highest BCUT2D eigenvalue weighted by molar-refractivity contribution is 5.50. The molecule has 0 spiro atoms. The molecule has 0 bridgehead atoms. The van der Waals surface area contributed by atoms with Gasteiger partial charge in [-0.05, 0) is 17.7 Å². The summed E-state index contributed by atoms with van der Waals surface area (Å²) < 4.78 is 25.3. The molecule has 0 atom stereocenters. The average molecular weight is 213 g/mol. The van der Waals surface area contributed by atoms with E-state index in [-0.39, 0.29) is 17.7 Å². The first kappa shape index (κ1) is 11.3. The Morgan fingerprint density at radius 3 is 2.60 bits per heavy atom. The standard InChI is InChI=1S/C10H9F2NO2/c1-2-8(13(14)15)5-7-3-4-9(11)10(12)6-7/h3-6H,2H2,1H3/b8-5-. The van der Waals surface area contributed by atoms with Crippen LogP contribution < -0.4 is 0 Å². The van der Waals surface area contributed by atoms with E-state index in [4.69, 9.17) is 0 Å². The van der Waals surface area contributed by atoms with Gasteiger partial charge < -0.3 is 0 Å². The van der Waals surface area contributed by atoms with E-state index in [1.165, 1.54) is 12.1 Å². The summed E-state index contributed by atoms with van der Waals surface area (Å²) in [6.07, 6.45) is 1.45. The third-order valence-corrected chi connectivity index (χ3v) is 1.87. The van der Waals surface area contributed by atoms with Crippen LogP contribution in [0.4, 0.5) is 8.78 Å². The second-order valence-corrected chi connectivity index (χ2v) is 2.92. The Hall–Kier alpha value is -1.78. The van der Waals surface area contributed by atoms with Gasteiger partial charge in [0.15, 0.2) is 11.6 Å². The summed E-state index contributed by atoms with van der Waals surface area (Å²) in [5.74, 6) is -1.98. The normalized spacial score (nSPS) is 11.5. The molecule has 0 N–H and O–H groups in total. The van der Waals surface area contributed by atoms with Crippen molar-refractivity contribution in [3.05, 3.63) is 51.2 Å². The SMILES string of the molecule is CC/C(=C/c1ccc(F)c(F)c1)[N+](=O)[O-]. The van der Waals surface area contributed by atoms with Crippen LogP contribution in [0.25, 0.3) is 6.08 Å². The minimum Gasteiger partial charge on any atom is -0.259 e. The van der Waals surface area contributed by atoms with Gasteiger partial charge >= 0.3 is 0 Å². The molecule has 0 saturated carbocycles. The van der Waals surface area contributed by atoms with Crippen LogP contribution in [-0.4, -0.2) is 4.92 Å². The molecule has 0 aromatic heterocycles. The molecule has 0 unspecified atom stereocenters. The maximum absolute atomic E-state index is 12.8. The molecule has 0 aliphatic rings. The Kier molecular flexibility index (Phi) is 3.49. The average Bonchev–Trinajstić information content (AvgIpc) is 2.19. The minimum atomic E-state index is -1.01. The van der Waals surface area contributed by atoms with Crippen LogP contribution in [0.1, 0.15) is 18.9 Å². The zero-order valence-corrected chi connectivity index (χ0v) is 8.04. The van der Waals surface area contributed by atoms with Gasteiger partial charge in [0.05, 0.1) is 4.92 Å². The first-order chi connectivity index (χ1) is 7.04. The molecular weight excluding hydrogens is 204 g/mol. The molecule has 0 heterocycles. The van der Waals surface area contributed by atoms with Crippen molar-refractivity contribution in [1.29, 1.82) is 0 Å². The summed E-state index contributed by atoms with van der Waals surface area (Å²) in [5.41, 5.74) is 0.239. The molecule has 3 nitrogen and oxygen atoms in total. The highest BCUT2D eigenvalue weighted by Crippen LogP contribution is 2.13. The molecule has 80 valence electrons. The minimum absolute atomic E-state index is 0.0407. The smallest absolute Gasteiger partial charge is 0.246 e. The Balaban J connectivity index is 3.07. The van der Waals surface area contributed by atoms with E-state index in [0.717, 1.165) is 12.1 Å². The highest BCUT2D eigenvalue weighted by Gasteiger charge is 2.08. The fraction of sp³-hybridized carbons (Fsp3) is 0.200. The van der Waals surface area contributed by atoms with Gasteiger partial charge in [-0.2, -0.15) is 0 Å². The van der Waals surface area contributed by atoms with Crippen molar-refractivity contribution in [2.45, 2.75) is 13.3 Å². The van der Waals surface area contributed by atoms with Crippen molar-refractivity contribution in [3.8, 4) is 0 Å². The first-order valence-electron chi connectivity index (χ1n) is 4.34. The molecule has 1 aromatic rings. The van der Waals surface area contributed by atoms with Crippen molar-refractivity contribution in [3.63, 3.8) is 0 Å². The molecule has 0 aliphatic carbocycles. The predicted molar refractivity (Wildman–Crippen MR) is 51.6 cm³/mol. The van der Waals surface area contributed by atoms with Gasteiger partial charge in [-0.1, -0.05) is 13.0 Å². The summed E-state index contributed by atoms with van der Waals surface area (Å²) in [4.78, 5) is 9.92. The monoisotopic (exact) mass is 213 g/mol. The topological polar surface area (TPSA) is 43.1 Å². The molecule has 15 heavy (non-hydrogen) atoms. The predicted octanol–water partition coefficient (Wildman–Crippen LogP) is 2.99. The maximum Gasteiger partial charge on any atom is 0.246 e. The van der Waals surface area contributed by atoms with Crippen molar-refractivity contribution >= 4 is 6.08 Å². The second-order valence-electron chi connectivity index (χ2n) is 2.92. The summed E-state index contributed by atoms with van der Waals surface area (Å²) in [7, 11) is 0. The van der Waals surface area contributed by atoms with E-state index in [0.29, 0.717) is 0 Å². The summed E-state index contributed by atoms with van der Waals surface area (Å²) in [6, 6.07) is 3.15. The van der Waals surface area contributed by atoms with Crippen LogP contribution in [0, 0.1) is 21.7 Å². The number of nitro groups is 1. The number of nitrogens with zero attached hydrogens (tertiary/aromatic N) is 1. The molecule has 0 aliphatic heterocycles. The Bertz CT molecular complexity index is 416. The number of benzene rings is 1. The zero-order valence-electron chi connectivity index (χ0n) is 8.04. The molecule has 1 aromatic carbocycles. The van der Waals surface area contributed by atoms with Gasteiger partial charge in [-0.15, -0.1) is 0 Å². The second kappa shape index (κ2) is 4.63. The van der Waals surface area contributed by atoms with Gasteiger partial charge in [-0.25, -0.2) is 8.78 Å². The Morgan fingerprint density at radius 1 is 1.47 bits per heavy atom. The van der Waals surface area contributed by atoms with Crippen LogP contribution in [0.5, 0.6) is 0 Å². The summed E-state index contributed by atoms with van der Waals surface area (Å²) in [5, 5.41) is 10.5. The van der Waals surface area contributed by atoms with E-state index in [2.05, 4.69) is 0 Å². The number of rotatable bonds is 3. The zero-order chi connectivity index (χ0) is 11.4.